The molecule has 3 heteroatoms. The lowest BCUT2D eigenvalue weighted by Crippen LogP contribution is -1.82. The number of hydrogen-bond donors (Lipinski definition) is 0. The standard InChI is InChI=1S/C21H14N2S/c1-14-4-8-16(9-5-14)19-18-3-2-12-23-21(18)24-20(19)17-10-6-15(13-22)7-11-17/h2-12H,1H3. The molecule has 0 aliphatic heterocycles. The van der Waals surface area contributed by atoms with Crippen LogP contribution in [0.4, 0.5) is 0 Å². The topological polar surface area (TPSA) is 36.7 Å². The average molecular weight is 326 g/mol. The van der Waals surface area contributed by atoms with E-state index in [9.17, 15) is 0 Å². The van der Waals surface area contributed by atoms with Gasteiger partial charge in [0.1, 0.15) is 4.83 Å². The van der Waals surface area contributed by atoms with Gasteiger partial charge in [-0.1, -0.05) is 42.0 Å². The highest BCUT2D eigenvalue weighted by Gasteiger charge is 2.16. The maximum absolute atomic E-state index is 9.01. The van der Waals surface area contributed by atoms with Crippen LogP contribution < -0.4 is 0 Å². The van der Waals surface area contributed by atoms with Gasteiger partial charge in [0.05, 0.1) is 11.6 Å². The molecule has 2 heterocycles. The van der Waals surface area contributed by atoms with Crippen LogP contribution in [0.15, 0.2) is 66.9 Å². The molecule has 24 heavy (non-hydrogen) atoms. The Morgan fingerprint density at radius 2 is 1.62 bits per heavy atom. The summed E-state index contributed by atoms with van der Waals surface area (Å²) in [6.45, 7) is 2.10. The summed E-state index contributed by atoms with van der Waals surface area (Å²) in [4.78, 5) is 6.76. The number of hydrogen-bond acceptors (Lipinski definition) is 3. The summed E-state index contributed by atoms with van der Waals surface area (Å²) >= 11 is 1.70. The third-order valence-corrected chi connectivity index (χ3v) is 5.25. The third kappa shape index (κ3) is 2.47. The second-order valence-electron chi connectivity index (χ2n) is 5.72. The zero-order valence-corrected chi connectivity index (χ0v) is 14.0. The summed E-state index contributed by atoms with van der Waals surface area (Å²) in [6, 6.07) is 22.6. The van der Waals surface area contributed by atoms with Gasteiger partial charge in [-0.05, 0) is 42.3 Å². The molecule has 0 aliphatic rings. The fourth-order valence-electron chi connectivity index (χ4n) is 2.84. The molecule has 4 rings (SSSR count). The van der Waals surface area contributed by atoms with Crippen molar-refractivity contribution in [1.82, 2.24) is 4.98 Å². The smallest absolute Gasteiger partial charge is 0.124 e. The zero-order valence-electron chi connectivity index (χ0n) is 13.2. The number of nitrogens with zero attached hydrogens (tertiary/aromatic N) is 2. The molecule has 2 aromatic carbocycles. The molecule has 2 nitrogen and oxygen atoms in total. The lowest BCUT2D eigenvalue weighted by molar-refractivity contribution is 1.44. The lowest BCUT2D eigenvalue weighted by atomic mass is 9.98. The molecule has 0 saturated heterocycles. The molecule has 0 fully saturated rings. The van der Waals surface area contributed by atoms with Crippen LogP contribution in [-0.4, -0.2) is 4.98 Å². The van der Waals surface area contributed by atoms with E-state index in [0.717, 1.165) is 10.4 Å². The van der Waals surface area contributed by atoms with Gasteiger partial charge in [-0.2, -0.15) is 5.26 Å². The summed E-state index contributed by atoms with van der Waals surface area (Å²) < 4.78 is 0. The van der Waals surface area contributed by atoms with Crippen molar-refractivity contribution in [3.05, 3.63) is 78.0 Å². The van der Waals surface area contributed by atoms with Crippen LogP contribution in [0.3, 0.4) is 0 Å². The molecule has 0 unspecified atom stereocenters. The van der Waals surface area contributed by atoms with E-state index in [1.807, 2.05) is 36.5 Å². The molecule has 4 aromatic rings. The van der Waals surface area contributed by atoms with Gasteiger partial charge < -0.3 is 0 Å². The fraction of sp³-hybridized carbons (Fsp3) is 0.0476. The first-order chi connectivity index (χ1) is 11.8. The SMILES string of the molecule is Cc1ccc(-c2c(-c3ccc(C#N)cc3)sc3ncccc23)cc1. The minimum Gasteiger partial charge on any atom is -0.245 e. The van der Waals surface area contributed by atoms with E-state index < -0.39 is 0 Å². The number of fused-ring (bicyclic) bond motifs is 1. The van der Waals surface area contributed by atoms with Crippen molar-refractivity contribution >= 4 is 21.6 Å². The summed E-state index contributed by atoms with van der Waals surface area (Å²) in [5, 5.41) is 10.2. The highest BCUT2D eigenvalue weighted by Crippen LogP contribution is 2.43. The average Bonchev–Trinajstić information content (AvgIpc) is 3.02. The van der Waals surface area contributed by atoms with E-state index >= 15 is 0 Å². The Hall–Kier alpha value is -2.96. The number of benzene rings is 2. The molecule has 0 atom stereocenters. The van der Waals surface area contributed by atoms with Gasteiger partial charge in [0, 0.05) is 22.0 Å². The molecule has 0 N–H and O–H groups in total. The quantitative estimate of drug-likeness (QED) is 0.466. The monoisotopic (exact) mass is 326 g/mol. The van der Waals surface area contributed by atoms with E-state index in [-0.39, 0.29) is 0 Å². The minimum atomic E-state index is 0.676. The Morgan fingerprint density at radius 3 is 2.33 bits per heavy atom. The van der Waals surface area contributed by atoms with E-state index in [4.69, 9.17) is 5.26 Å². The molecule has 0 spiro atoms. The Labute approximate surface area is 144 Å². The van der Waals surface area contributed by atoms with Gasteiger partial charge in [0.2, 0.25) is 0 Å². The van der Waals surface area contributed by atoms with Crippen LogP contribution in [0.5, 0.6) is 0 Å². The second-order valence-corrected chi connectivity index (χ2v) is 6.72. The number of rotatable bonds is 2. The van der Waals surface area contributed by atoms with Gasteiger partial charge in [-0.3, -0.25) is 0 Å². The summed E-state index contributed by atoms with van der Waals surface area (Å²) in [7, 11) is 0. The molecule has 0 radical (unpaired) electrons. The second kappa shape index (κ2) is 5.92. The van der Waals surface area contributed by atoms with Gasteiger partial charge in [0.25, 0.3) is 0 Å². The maximum atomic E-state index is 9.01. The first-order valence-electron chi connectivity index (χ1n) is 7.71. The Kier molecular flexibility index (Phi) is 3.60. The Balaban J connectivity index is 1.99. The van der Waals surface area contributed by atoms with E-state index in [1.54, 1.807) is 11.3 Å². The normalized spacial score (nSPS) is 10.7. The highest BCUT2D eigenvalue weighted by atomic mass is 32.1. The summed E-state index contributed by atoms with van der Waals surface area (Å²) in [5.74, 6) is 0. The first kappa shape index (κ1) is 14.6. The molecule has 0 amide bonds. The molecular formula is C21H14N2S. The van der Waals surface area contributed by atoms with Crippen LogP contribution in [0, 0.1) is 18.3 Å². The fourth-order valence-corrected chi connectivity index (χ4v) is 4.01. The molecule has 0 aliphatic carbocycles. The van der Waals surface area contributed by atoms with Crippen molar-refractivity contribution in [2.45, 2.75) is 6.92 Å². The van der Waals surface area contributed by atoms with Crippen LogP contribution in [0.1, 0.15) is 11.1 Å². The minimum absolute atomic E-state index is 0.676. The van der Waals surface area contributed by atoms with Crippen LogP contribution in [0.25, 0.3) is 31.8 Å². The number of aryl methyl sites for hydroxylation is 1. The van der Waals surface area contributed by atoms with Crippen molar-refractivity contribution in [3.8, 4) is 27.6 Å². The highest BCUT2D eigenvalue weighted by molar-refractivity contribution is 7.22. The third-order valence-electron chi connectivity index (χ3n) is 4.08. The lowest BCUT2D eigenvalue weighted by Gasteiger charge is -2.06. The number of nitriles is 1. The Bertz CT molecular complexity index is 1050. The van der Waals surface area contributed by atoms with Gasteiger partial charge >= 0.3 is 0 Å². The molecule has 2 aromatic heterocycles. The first-order valence-corrected chi connectivity index (χ1v) is 8.53. The molecule has 114 valence electrons. The summed E-state index contributed by atoms with van der Waals surface area (Å²) in [5.41, 5.74) is 5.45. The van der Waals surface area contributed by atoms with Gasteiger partial charge in [-0.25, -0.2) is 4.98 Å². The van der Waals surface area contributed by atoms with Crippen molar-refractivity contribution < 1.29 is 0 Å². The number of pyridine rings is 1. The molecule has 0 saturated carbocycles. The van der Waals surface area contributed by atoms with Crippen molar-refractivity contribution in [2.75, 3.05) is 0 Å². The Morgan fingerprint density at radius 1 is 0.917 bits per heavy atom. The molecular weight excluding hydrogens is 312 g/mol. The number of aromatic nitrogens is 1. The largest absolute Gasteiger partial charge is 0.245 e. The van der Waals surface area contributed by atoms with Gasteiger partial charge in [-0.15, -0.1) is 11.3 Å². The predicted octanol–water partition coefficient (Wildman–Crippen LogP) is 5.81. The maximum Gasteiger partial charge on any atom is 0.124 e. The van der Waals surface area contributed by atoms with Crippen molar-refractivity contribution in [2.24, 2.45) is 0 Å². The van der Waals surface area contributed by atoms with Crippen molar-refractivity contribution in [3.63, 3.8) is 0 Å². The van der Waals surface area contributed by atoms with Crippen LogP contribution in [0.2, 0.25) is 0 Å². The summed E-state index contributed by atoms with van der Waals surface area (Å²) in [6.07, 6.45) is 1.83. The van der Waals surface area contributed by atoms with Gasteiger partial charge in [0.15, 0.2) is 0 Å². The van der Waals surface area contributed by atoms with Crippen molar-refractivity contribution in [1.29, 1.82) is 5.26 Å². The van der Waals surface area contributed by atoms with E-state index in [1.165, 1.54) is 27.0 Å². The van der Waals surface area contributed by atoms with E-state index in [2.05, 4.69) is 48.3 Å². The molecule has 0 bridgehead atoms. The number of thiophene rings is 1. The van der Waals surface area contributed by atoms with Crippen LogP contribution >= 0.6 is 11.3 Å². The van der Waals surface area contributed by atoms with Crippen LogP contribution in [-0.2, 0) is 0 Å². The zero-order chi connectivity index (χ0) is 16.5. The van der Waals surface area contributed by atoms with E-state index in [0.29, 0.717) is 5.56 Å². The predicted molar refractivity (Wildman–Crippen MR) is 99.9 cm³/mol.